The second-order valence-electron chi connectivity index (χ2n) is 8.98. The zero-order chi connectivity index (χ0) is 27.1. The molecule has 2 amide bonds. The van der Waals surface area contributed by atoms with E-state index < -0.39 is 59.1 Å². The summed E-state index contributed by atoms with van der Waals surface area (Å²) in [4.78, 5) is 34.0. The standard InChI is InChI=1S/C23H21BrF5N3O4/c1-21(2,3)36-20(34)32(18(33)12-8-6-5-7-9-12)19-31-22(4,15(26)17(35-19)23(27,28)29)16-13(25)10-11-14(24)30-16/h5-11,15,17H,1-4H3/t15-,17+,22-/m0/s1. The highest BCUT2D eigenvalue weighted by Crippen LogP contribution is 2.43. The van der Waals surface area contributed by atoms with E-state index in [-0.39, 0.29) is 15.1 Å². The van der Waals surface area contributed by atoms with Crippen LogP contribution < -0.4 is 0 Å². The van der Waals surface area contributed by atoms with Crippen LogP contribution in [0.3, 0.4) is 0 Å². The molecule has 0 bridgehead atoms. The molecule has 1 aliphatic rings. The number of pyridine rings is 1. The van der Waals surface area contributed by atoms with Crippen molar-refractivity contribution in [2.24, 2.45) is 4.99 Å². The number of ether oxygens (including phenoxy) is 2. The minimum atomic E-state index is -5.33. The molecule has 0 fully saturated rings. The zero-order valence-corrected chi connectivity index (χ0v) is 21.0. The van der Waals surface area contributed by atoms with E-state index in [9.17, 15) is 27.2 Å². The molecule has 3 rings (SSSR count). The van der Waals surface area contributed by atoms with Gasteiger partial charge in [-0.1, -0.05) is 18.2 Å². The van der Waals surface area contributed by atoms with Gasteiger partial charge in [0.1, 0.15) is 27.3 Å². The van der Waals surface area contributed by atoms with E-state index in [1.54, 1.807) is 6.07 Å². The van der Waals surface area contributed by atoms with Gasteiger partial charge in [0, 0.05) is 5.56 Å². The van der Waals surface area contributed by atoms with E-state index in [0.29, 0.717) is 0 Å². The number of carbonyl (C=O) groups excluding carboxylic acids is 2. The molecule has 7 nitrogen and oxygen atoms in total. The molecule has 1 aromatic heterocycles. The highest BCUT2D eigenvalue weighted by atomic mass is 79.9. The maximum atomic E-state index is 15.4. The summed E-state index contributed by atoms with van der Waals surface area (Å²) in [5, 5.41) is 0. The summed E-state index contributed by atoms with van der Waals surface area (Å²) in [6.07, 6.45) is -13.0. The normalized spacial score (nSPS) is 22.3. The van der Waals surface area contributed by atoms with Crippen molar-refractivity contribution in [2.45, 2.75) is 57.3 Å². The van der Waals surface area contributed by atoms with Crippen molar-refractivity contribution >= 4 is 34.0 Å². The number of carbonyl (C=O) groups is 2. The molecule has 13 heteroatoms. The van der Waals surface area contributed by atoms with Crippen molar-refractivity contribution in [1.82, 2.24) is 9.88 Å². The van der Waals surface area contributed by atoms with Gasteiger partial charge in [0.05, 0.1) is 0 Å². The molecule has 2 aromatic rings. The molecule has 1 aliphatic heterocycles. The van der Waals surface area contributed by atoms with Gasteiger partial charge in [0.2, 0.25) is 6.10 Å². The Morgan fingerprint density at radius 1 is 1.11 bits per heavy atom. The SMILES string of the molecule is CC(C)(C)OC(=O)N(C(=O)c1ccccc1)C1=N[C@](C)(c2nc(Br)ccc2F)[C@@H](F)[C@H](C(F)(F)F)O1. The van der Waals surface area contributed by atoms with Crippen molar-refractivity contribution in [3.05, 3.63) is 64.1 Å². The molecule has 1 aromatic carbocycles. The predicted octanol–water partition coefficient (Wildman–Crippen LogP) is 5.93. The highest BCUT2D eigenvalue weighted by Gasteiger charge is 2.60. The number of hydrogen-bond donors (Lipinski definition) is 0. The third kappa shape index (κ3) is 5.66. The minimum absolute atomic E-state index is 0.0107. The van der Waals surface area contributed by atoms with Crippen LogP contribution in [0.15, 0.2) is 52.1 Å². The fourth-order valence-corrected chi connectivity index (χ4v) is 3.62. The molecular formula is C23H21BrF5N3O4. The summed E-state index contributed by atoms with van der Waals surface area (Å²) in [6, 6.07) is 7.84. The quantitative estimate of drug-likeness (QED) is 0.326. The first-order chi connectivity index (χ1) is 16.5. The van der Waals surface area contributed by atoms with E-state index in [4.69, 9.17) is 9.47 Å². The van der Waals surface area contributed by atoms with Gasteiger partial charge in [-0.2, -0.15) is 18.1 Å². The van der Waals surface area contributed by atoms with Gasteiger partial charge >= 0.3 is 18.3 Å². The number of halogens is 6. The molecule has 0 N–H and O–H groups in total. The Balaban J connectivity index is 2.26. The Bertz CT molecular complexity index is 1190. The van der Waals surface area contributed by atoms with Gasteiger partial charge < -0.3 is 9.47 Å². The number of benzene rings is 1. The Labute approximate surface area is 211 Å². The van der Waals surface area contributed by atoms with Crippen LogP contribution in [-0.4, -0.2) is 52.0 Å². The molecule has 36 heavy (non-hydrogen) atoms. The van der Waals surface area contributed by atoms with E-state index in [1.807, 2.05) is 0 Å². The number of hydrogen-bond acceptors (Lipinski definition) is 6. The lowest BCUT2D eigenvalue weighted by atomic mass is 9.87. The van der Waals surface area contributed by atoms with Crippen LogP contribution in [0, 0.1) is 5.82 Å². The van der Waals surface area contributed by atoms with E-state index >= 15 is 4.39 Å². The van der Waals surface area contributed by atoms with Gasteiger partial charge in [-0.05, 0) is 67.9 Å². The fraction of sp³-hybridized carbons (Fsp3) is 0.391. The second-order valence-corrected chi connectivity index (χ2v) is 9.79. The average molecular weight is 578 g/mol. The molecule has 0 saturated heterocycles. The maximum Gasteiger partial charge on any atom is 0.428 e. The van der Waals surface area contributed by atoms with Gasteiger partial charge in [0.15, 0.2) is 6.17 Å². The molecule has 0 unspecified atom stereocenters. The Kier molecular flexibility index (Phi) is 7.45. The van der Waals surface area contributed by atoms with Crippen molar-refractivity contribution in [3.63, 3.8) is 0 Å². The number of aliphatic imine (C=N–C) groups is 1. The molecule has 2 heterocycles. The third-order valence-electron chi connectivity index (χ3n) is 4.97. The monoisotopic (exact) mass is 577 g/mol. The summed E-state index contributed by atoms with van der Waals surface area (Å²) >= 11 is 2.97. The molecule has 0 spiro atoms. The van der Waals surface area contributed by atoms with Crippen molar-refractivity contribution in [3.8, 4) is 0 Å². The van der Waals surface area contributed by atoms with Gasteiger partial charge in [-0.3, -0.25) is 4.79 Å². The van der Waals surface area contributed by atoms with Crippen molar-refractivity contribution in [2.75, 3.05) is 0 Å². The number of amidine groups is 1. The number of aromatic nitrogens is 1. The number of amides is 2. The average Bonchev–Trinajstić information content (AvgIpc) is 2.76. The molecule has 3 atom stereocenters. The lowest BCUT2D eigenvalue weighted by molar-refractivity contribution is -0.229. The van der Waals surface area contributed by atoms with Crippen LogP contribution in [0.25, 0.3) is 0 Å². The van der Waals surface area contributed by atoms with E-state index in [0.717, 1.165) is 19.1 Å². The van der Waals surface area contributed by atoms with Crippen molar-refractivity contribution < 1.29 is 41.0 Å². The van der Waals surface area contributed by atoms with Crippen LogP contribution in [0.5, 0.6) is 0 Å². The minimum Gasteiger partial charge on any atom is -0.448 e. The predicted molar refractivity (Wildman–Crippen MR) is 121 cm³/mol. The van der Waals surface area contributed by atoms with Crippen molar-refractivity contribution in [1.29, 1.82) is 0 Å². The molecule has 0 radical (unpaired) electrons. The Hall–Kier alpha value is -3.09. The smallest absolute Gasteiger partial charge is 0.428 e. The number of nitrogens with zero attached hydrogens (tertiary/aromatic N) is 3. The summed E-state index contributed by atoms with van der Waals surface area (Å²) in [5.74, 6) is -2.32. The van der Waals surface area contributed by atoms with Crippen LogP contribution in [0.4, 0.5) is 26.7 Å². The third-order valence-corrected chi connectivity index (χ3v) is 5.41. The second kappa shape index (κ2) is 9.75. The molecule has 194 valence electrons. The first-order valence-electron chi connectivity index (χ1n) is 10.5. The first-order valence-corrected chi connectivity index (χ1v) is 11.3. The maximum absolute atomic E-state index is 15.4. The Morgan fingerprint density at radius 2 is 1.72 bits per heavy atom. The summed E-state index contributed by atoms with van der Waals surface area (Å²) in [7, 11) is 0. The zero-order valence-electron chi connectivity index (χ0n) is 19.4. The molecule has 0 saturated carbocycles. The lowest BCUT2D eigenvalue weighted by Gasteiger charge is -2.40. The van der Waals surface area contributed by atoms with Crippen LogP contribution >= 0.6 is 15.9 Å². The largest absolute Gasteiger partial charge is 0.448 e. The number of alkyl halides is 4. The van der Waals surface area contributed by atoms with Gasteiger partial charge in [0.25, 0.3) is 5.91 Å². The number of imide groups is 1. The summed E-state index contributed by atoms with van der Waals surface area (Å²) < 4.78 is 81.8. The van der Waals surface area contributed by atoms with E-state index in [2.05, 4.69) is 25.9 Å². The van der Waals surface area contributed by atoms with Gasteiger partial charge in [-0.25, -0.2) is 23.6 Å². The van der Waals surface area contributed by atoms with Gasteiger partial charge in [-0.15, -0.1) is 0 Å². The summed E-state index contributed by atoms with van der Waals surface area (Å²) in [5.41, 5.74) is -4.77. The summed E-state index contributed by atoms with van der Waals surface area (Å²) in [6.45, 7) is 5.24. The topological polar surface area (TPSA) is 81.1 Å². The molecular weight excluding hydrogens is 557 g/mol. The lowest BCUT2D eigenvalue weighted by Crippen LogP contribution is -2.58. The molecule has 0 aliphatic carbocycles. The van der Waals surface area contributed by atoms with E-state index in [1.165, 1.54) is 45.0 Å². The Morgan fingerprint density at radius 3 is 2.28 bits per heavy atom. The first kappa shape index (κ1) is 27.5. The van der Waals surface area contributed by atoms with Crippen LogP contribution in [-0.2, 0) is 15.0 Å². The fourth-order valence-electron chi connectivity index (χ4n) is 3.31. The number of rotatable bonds is 2. The van der Waals surface area contributed by atoms with Crippen LogP contribution in [0.1, 0.15) is 43.7 Å². The highest BCUT2D eigenvalue weighted by molar-refractivity contribution is 9.10. The van der Waals surface area contributed by atoms with Crippen LogP contribution in [0.2, 0.25) is 0 Å².